The van der Waals surface area contributed by atoms with Gasteiger partial charge >= 0.3 is 17.7 Å². The largest absolute Gasteiger partial charge is 0.505 e. The Balaban J connectivity index is 1.36. The van der Waals surface area contributed by atoms with E-state index < -0.39 is 0 Å². The van der Waals surface area contributed by atoms with Gasteiger partial charge in [0, 0.05) is 54.4 Å². The number of rotatable bonds is 4. The Morgan fingerprint density at radius 1 is 1.07 bits per heavy atom. The first-order chi connectivity index (χ1) is 14.5. The Morgan fingerprint density at radius 3 is 2.47 bits per heavy atom. The molecule has 0 bridgehead atoms. The highest BCUT2D eigenvalue weighted by Crippen LogP contribution is 2.32. The van der Waals surface area contributed by atoms with Crippen LogP contribution >= 0.6 is 11.6 Å². The average molecular weight is 445 g/mol. The first-order valence-electron chi connectivity index (χ1n) is 9.95. The molecule has 1 atom stereocenters. The second-order valence-electron chi connectivity index (χ2n) is 7.78. The van der Waals surface area contributed by atoms with Gasteiger partial charge in [0.25, 0.3) is 4.90 Å². The lowest BCUT2D eigenvalue weighted by Gasteiger charge is -2.41. The van der Waals surface area contributed by atoms with Gasteiger partial charge in [-0.3, -0.25) is 4.79 Å². The summed E-state index contributed by atoms with van der Waals surface area (Å²) >= 11 is 6.43. The molecule has 1 N–H and O–H groups in total. The number of amides is 3. The van der Waals surface area contributed by atoms with Crippen LogP contribution < -0.4 is 5.32 Å². The zero-order valence-electron chi connectivity index (χ0n) is 16.6. The van der Waals surface area contributed by atoms with Crippen molar-refractivity contribution in [3.63, 3.8) is 0 Å². The number of benzene rings is 2. The SMILES string of the molecule is CNC(=O)[C@H]1CCN(C(=O)N2CC(c3ccc(-c4ccc(Cl)cc4[S+]=O)cc3)C2)C1. The van der Waals surface area contributed by atoms with Crippen LogP contribution in [0.2, 0.25) is 5.02 Å². The number of carbonyl (C=O) groups is 2. The van der Waals surface area contributed by atoms with Crippen molar-refractivity contribution in [1.82, 2.24) is 15.1 Å². The van der Waals surface area contributed by atoms with Crippen molar-refractivity contribution in [3.05, 3.63) is 53.1 Å². The van der Waals surface area contributed by atoms with Crippen molar-refractivity contribution in [3.8, 4) is 11.1 Å². The molecule has 0 aliphatic carbocycles. The van der Waals surface area contributed by atoms with Crippen LogP contribution in [0.5, 0.6) is 0 Å². The van der Waals surface area contributed by atoms with Gasteiger partial charge in [0.05, 0.1) is 11.5 Å². The highest BCUT2D eigenvalue weighted by molar-refractivity contribution is 7.65. The molecule has 3 amide bonds. The van der Waals surface area contributed by atoms with Gasteiger partial charge in [-0.25, -0.2) is 4.79 Å². The fourth-order valence-corrected chi connectivity index (χ4v) is 4.82. The number of hydrogen-bond donors (Lipinski definition) is 1. The molecule has 8 heteroatoms. The lowest BCUT2D eigenvalue weighted by atomic mass is 9.90. The second kappa shape index (κ2) is 8.70. The zero-order valence-corrected chi connectivity index (χ0v) is 18.2. The molecule has 2 aliphatic rings. The topological polar surface area (TPSA) is 69.7 Å². The van der Waals surface area contributed by atoms with Crippen molar-refractivity contribution in [1.29, 1.82) is 0 Å². The van der Waals surface area contributed by atoms with Crippen LogP contribution in [0.15, 0.2) is 47.4 Å². The molecule has 156 valence electrons. The van der Waals surface area contributed by atoms with Crippen molar-refractivity contribution in [2.24, 2.45) is 5.92 Å². The third-order valence-corrected chi connectivity index (χ3v) is 6.71. The number of carbonyl (C=O) groups excluding carboxylic acids is 2. The first kappa shape index (κ1) is 20.8. The minimum absolute atomic E-state index is 0.00565. The van der Waals surface area contributed by atoms with E-state index in [0.717, 1.165) is 17.5 Å². The number of urea groups is 1. The van der Waals surface area contributed by atoms with Gasteiger partial charge in [-0.2, -0.15) is 0 Å². The molecule has 0 radical (unpaired) electrons. The van der Waals surface area contributed by atoms with E-state index in [1.54, 1.807) is 24.1 Å². The predicted octanol–water partition coefficient (Wildman–Crippen LogP) is 3.38. The summed E-state index contributed by atoms with van der Waals surface area (Å²) in [7, 11) is 1.63. The van der Waals surface area contributed by atoms with Gasteiger partial charge in [0.1, 0.15) is 0 Å². The van der Waals surface area contributed by atoms with Gasteiger partial charge in [-0.05, 0) is 29.7 Å². The molecule has 2 aromatic rings. The summed E-state index contributed by atoms with van der Waals surface area (Å²) in [6.45, 7) is 2.49. The number of halogens is 1. The minimum atomic E-state index is -0.103. The molecular formula is C22H23ClN3O3S+. The summed E-state index contributed by atoms with van der Waals surface area (Å²) in [4.78, 5) is 28.7. The van der Waals surface area contributed by atoms with E-state index >= 15 is 0 Å². The lowest BCUT2D eigenvalue weighted by molar-refractivity contribution is -0.124. The van der Waals surface area contributed by atoms with Crippen LogP contribution in [0.3, 0.4) is 0 Å². The Morgan fingerprint density at radius 2 is 1.80 bits per heavy atom. The van der Waals surface area contributed by atoms with Crippen LogP contribution in [0.1, 0.15) is 17.9 Å². The molecular weight excluding hydrogens is 422 g/mol. The molecule has 0 spiro atoms. The van der Waals surface area contributed by atoms with Gasteiger partial charge in [0.15, 0.2) is 0 Å². The smallest absolute Gasteiger partial charge is 0.359 e. The van der Waals surface area contributed by atoms with Gasteiger partial charge < -0.3 is 15.1 Å². The monoisotopic (exact) mass is 444 g/mol. The average Bonchev–Trinajstić information content (AvgIpc) is 3.23. The fraction of sp³-hybridized carbons (Fsp3) is 0.364. The number of nitrogens with one attached hydrogen (secondary N) is 1. The van der Waals surface area contributed by atoms with Crippen molar-refractivity contribution in [2.75, 3.05) is 33.2 Å². The highest BCUT2D eigenvalue weighted by atomic mass is 35.5. The molecule has 2 aliphatic heterocycles. The molecule has 2 fully saturated rings. The molecule has 2 aromatic carbocycles. The third-order valence-electron chi connectivity index (χ3n) is 5.95. The maximum absolute atomic E-state index is 12.7. The molecule has 2 heterocycles. The standard InChI is InChI=1S/C22H22ClN3O3S/c1-24-21(27)16-8-9-25(11-16)22(28)26-12-17(13-26)14-2-4-15(5-3-14)19-7-6-18(23)10-20(19)30-29/h2-7,10,16-17H,8-9,11-13H2,1H3/p+1/t16-/m0/s1. The summed E-state index contributed by atoms with van der Waals surface area (Å²) in [6, 6.07) is 13.5. The number of nitrogens with zero attached hydrogens (tertiary/aromatic N) is 2. The molecule has 0 unspecified atom stereocenters. The van der Waals surface area contributed by atoms with E-state index in [9.17, 15) is 13.8 Å². The van der Waals surface area contributed by atoms with Crippen molar-refractivity contribution >= 4 is 35.2 Å². The highest BCUT2D eigenvalue weighted by Gasteiger charge is 2.38. The lowest BCUT2D eigenvalue weighted by Crippen LogP contribution is -2.53. The third kappa shape index (κ3) is 4.04. The van der Waals surface area contributed by atoms with Gasteiger partial charge in [-0.1, -0.05) is 35.9 Å². The van der Waals surface area contributed by atoms with Crippen LogP contribution in [0.25, 0.3) is 11.1 Å². The first-order valence-corrected chi connectivity index (χ1v) is 11.1. The van der Waals surface area contributed by atoms with Crippen LogP contribution in [0, 0.1) is 5.92 Å². The Labute approximate surface area is 184 Å². The maximum Gasteiger partial charge on any atom is 0.505 e. The van der Waals surface area contributed by atoms with Crippen molar-refractivity contribution in [2.45, 2.75) is 17.2 Å². The van der Waals surface area contributed by atoms with E-state index in [0.29, 0.717) is 53.7 Å². The Bertz CT molecular complexity index is 976. The zero-order chi connectivity index (χ0) is 21.3. The van der Waals surface area contributed by atoms with E-state index in [-0.39, 0.29) is 17.9 Å². The Hall–Kier alpha value is -2.51. The molecule has 30 heavy (non-hydrogen) atoms. The van der Waals surface area contributed by atoms with Crippen molar-refractivity contribution < 1.29 is 13.8 Å². The molecule has 4 rings (SSSR count). The maximum atomic E-state index is 12.7. The number of hydrogen-bond acceptors (Lipinski definition) is 3. The number of likely N-dealkylation sites (tertiary alicyclic amines) is 2. The van der Waals surface area contributed by atoms with Crippen LogP contribution in [-0.2, 0) is 20.7 Å². The van der Waals surface area contributed by atoms with E-state index in [4.69, 9.17) is 11.6 Å². The summed E-state index contributed by atoms with van der Waals surface area (Å²) in [5.74, 6) is 0.207. The Kier molecular flexibility index (Phi) is 6.01. The van der Waals surface area contributed by atoms with E-state index in [1.165, 1.54) is 5.56 Å². The summed E-state index contributed by atoms with van der Waals surface area (Å²) in [5, 5.41) is 3.21. The second-order valence-corrected chi connectivity index (χ2v) is 8.82. The normalized spacial score (nSPS) is 18.8. The molecule has 0 aromatic heterocycles. The van der Waals surface area contributed by atoms with Crippen LogP contribution in [-0.4, -0.2) is 55.0 Å². The predicted molar refractivity (Wildman–Crippen MR) is 117 cm³/mol. The molecule has 0 saturated carbocycles. The quantitative estimate of drug-likeness (QED) is 0.735. The molecule has 2 saturated heterocycles. The van der Waals surface area contributed by atoms with Gasteiger partial charge in [-0.15, -0.1) is 0 Å². The summed E-state index contributed by atoms with van der Waals surface area (Å²) in [6.07, 6.45) is 0.721. The fourth-order valence-electron chi connectivity index (χ4n) is 4.14. The molecule has 6 nitrogen and oxygen atoms in total. The summed E-state index contributed by atoms with van der Waals surface area (Å²) < 4.78 is 11.4. The van der Waals surface area contributed by atoms with E-state index in [1.807, 2.05) is 23.1 Å². The summed E-state index contributed by atoms with van der Waals surface area (Å²) in [5.41, 5.74) is 3.02. The minimum Gasteiger partial charge on any atom is -0.359 e. The van der Waals surface area contributed by atoms with E-state index in [2.05, 4.69) is 17.4 Å². The van der Waals surface area contributed by atoms with Crippen LogP contribution in [0.4, 0.5) is 4.79 Å². The van der Waals surface area contributed by atoms with Gasteiger partial charge in [0.2, 0.25) is 5.91 Å².